The van der Waals surface area contributed by atoms with E-state index in [1.54, 1.807) is 18.5 Å². The first-order valence-corrected chi connectivity index (χ1v) is 7.64. The molecule has 0 aliphatic carbocycles. The average Bonchev–Trinajstić information content (AvgIpc) is 3.06. The lowest BCUT2D eigenvalue weighted by Crippen LogP contribution is -2.31. The van der Waals surface area contributed by atoms with Gasteiger partial charge in [-0.25, -0.2) is 4.98 Å². The van der Waals surface area contributed by atoms with E-state index in [1.807, 2.05) is 41.9 Å². The van der Waals surface area contributed by atoms with Gasteiger partial charge in [-0.15, -0.1) is 0 Å². The molecule has 0 radical (unpaired) electrons. The Morgan fingerprint density at radius 3 is 2.60 bits per heavy atom. The van der Waals surface area contributed by atoms with Crippen LogP contribution < -0.4 is 5.32 Å². The first-order chi connectivity index (χ1) is 12.1. The summed E-state index contributed by atoms with van der Waals surface area (Å²) < 4.78 is 1.82. The molecule has 0 aliphatic rings. The van der Waals surface area contributed by atoms with Crippen LogP contribution in [0.15, 0.2) is 67.0 Å². The molecular weight excluding hydrogens is 320 g/mol. The maximum Gasteiger partial charge on any atom is 0.270 e. The van der Waals surface area contributed by atoms with Crippen LogP contribution in [0.25, 0.3) is 0 Å². The van der Waals surface area contributed by atoms with Crippen molar-refractivity contribution in [2.45, 2.75) is 6.04 Å². The molecular formula is C18H16N4O3. The van der Waals surface area contributed by atoms with Gasteiger partial charge in [0.25, 0.3) is 11.6 Å². The number of hydrogen-bond acceptors (Lipinski definition) is 4. The van der Waals surface area contributed by atoms with Crippen molar-refractivity contribution in [2.75, 3.05) is 0 Å². The molecule has 126 valence electrons. The van der Waals surface area contributed by atoms with E-state index in [0.717, 1.165) is 5.56 Å². The minimum absolute atomic E-state index is 0.124. The number of aromatic nitrogens is 2. The number of rotatable bonds is 5. The largest absolute Gasteiger partial charge is 0.338 e. The van der Waals surface area contributed by atoms with Crippen LogP contribution in [-0.4, -0.2) is 20.4 Å². The van der Waals surface area contributed by atoms with Crippen LogP contribution in [0.1, 0.15) is 27.8 Å². The van der Waals surface area contributed by atoms with Crippen molar-refractivity contribution in [1.82, 2.24) is 14.9 Å². The molecule has 3 rings (SSSR count). The fraction of sp³-hybridized carbons (Fsp3) is 0.111. The second-order valence-corrected chi connectivity index (χ2v) is 5.52. The predicted octanol–water partition coefficient (Wildman–Crippen LogP) is 2.85. The van der Waals surface area contributed by atoms with E-state index in [4.69, 9.17) is 0 Å². The first kappa shape index (κ1) is 16.4. The first-order valence-electron chi connectivity index (χ1n) is 7.64. The molecule has 1 amide bonds. The molecule has 1 unspecified atom stereocenters. The van der Waals surface area contributed by atoms with Gasteiger partial charge in [-0.1, -0.05) is 36.4 Å². The summed E-state index contributed by atoms with van der Waals surface area (Å²) in [4.78, 5) is 27.4. The van der Waals surface area contributed by atoms with Crippen molar-refractivity contribution < 1.29 is 9.72 Å². The summed E-state index contributed by atoms with van der Waals surface area (Å²) in [7, 11) is 1.85. The molecule has 1 N–H and O–H groups in total. The minimum Gasteiger partial charge on any atom is -0.338 e. The third-order valence-electron chi connectivity index (χ3n) is 3.84. The summed E-state index contributed by atoms with van der Waals surface area (Å²) in [5.74, 6) is 0.269. The van der Waals surface area contributed by atoms with Gasteiger partial charge in [0.2, 0.25) is 0 Å². The van der Waals surface area contributed by atoms with Gasteiger partial charge in [0.05, 0.1) is 4.92 Å². The summed E-state index contributed by atoms with van der Waals surface area (Å²) in [6.45, 7) is 0. The number of non-ortho nitro benzene ring substituents is 1. The number of nitro benzene ring substituents is 1. The smallest absolute Gasteiger partial charge is 0.270 e. The zero-order valence-corrected chi connectivity index (χ0v) is 13.5. The molecule has 1 atom stereocenters. The third-order valence-corrected chi connectivity index (χ3v) is 3.84. The van der Waals surface area contributed by atoms with Crippen LogP contribution in [0.5, 0.6) is 0 Å². The molecule has 25 heavy (non-hydrogen) atoms. The maximum absolute atomic E-state index is 12.6. The Morgan fingerprint density at radius 1 is 1.20 bits per heavy atom. The Balaban J connectivity index is 1.93. The number of hydrogen-bond donors (Lipinski definition) is 1. The normalized spacial score (nSPS) is 11.7. The van der Waals surface area contributed by atoms with E-state index >= 15 is 0 Å². The van der Waals surface area contributed by atoms with E-state index in [1.165, 1.54) is 18.2 Å². The summed E-state index contributed by atoms with van der Waals surface area (Å²) in [6, 6.07) is 14.6. The van der Waals surface area contributed by atoms with Crippen molar-refractivity contribution in [3.8, 4) is 0 Å². The highest BCUT2D eigenvalue weighted by atomic mass is 16.6. The fourth-order valence-electron chi connectivity index (χ4n) is 2.57. The topological polar surface area (TPSA) is 90.1 Å². The van der Waals surface area contributed by atoms with Gasteiger partial charge in [-0.3, -0.25) is 14.9 Å². The Labute approximate surface area is 144 Å². The molecule has 7 nitrogen and oxygen atoms in total. The van der Waals surface area contributed by atoms with Crippen molar-refractivity contribution >= 4 is 11.6 Å². The van der Waals surface area contributed by atoms with Crippen molar-refractivity contribution in [3.05, 3.63) is 94.1 Å². The molecule has 0 spiro atoms. The van der Waals surface area contributed by atoms with E-state index < -0.39 is 16.9 Å². The highest BCUT2D eigenvalue weighted by Gasteiger charge is 2.22. The van der Waals surface area contributed by atoms with Crippen LogP contribution in [-0.2, 0) is 7.05 Å². The molecule has 0 saturated heterocycles. The summed E-state index contributed by atoms with van der Waals surface area (Å²) in [5, 5.41) is 13.8. The number of benzene rings is 2. The van der Waals surface area contributed by atoms with E-state index in [0.29, 0.717) is 5.82 Å². The lowest BCUT2D eigenvalue weighted by atomic mass is 10.1. The van der Waals surface area contributed by atoms with Gasteiger partial charge in [-0.05, 0) is 11.6 Å². The second kappa shape index (κ2) is 6.96. The Bertz CT molecular complexity index is 905. The molecule has 1 heterocycles. The maximum atomic E-state index is 12.6. The summed E-state index contributed by atoms with van der Waals surface area (Å²) >= 11 is 0. The van der Waals surface area contributed by atoms with E-state index in [2.05, 4.69) is 10.3 Å². The molecule has 0 fully saturated rings. The molecule has 0 bridgehead atoms. The monoisotopic (exact) mass is 336 g/mol. The SMILES string of the molecule is Cn1ccnc1C(NC(=O)c1cccc([N+](=O)[O-])c1)c1ccccc1. The number of nitrogens with one attached hydrogen (secondary N) is 1. The molecule has 0 saturated carbocycles. The van der Waals surface area contributed by atoms with Gasteiger partial charge in [-0.2, -0.15) is 0 Å². The average molecular weight is 336 g/mol. The molecule has 1 aromatic heterocycles. The van der Waals surface area contributed by atoms with Crippen LogP contribution >= 0.6 is 0 Å². The molecule has 7 heteroatoms. The highest BCUT2D eigenvalue weighted by Crippen LogP contribution is 2.21. The number of imidazole rings is 1. The summed E-state index contributed by atoms with van der Waals surface area (Å²) in [6.07, 6.45) is 3.45. The number of carbonyl (C=O) groups excluding carboxylic acids is 1. The van der Waals surface area contributed by atoms with Gasteiger partial charge in [0.1, 0.15) is 11.9 Å². The van der Waals surface area contributed by atoms with E-state index in [9.17, 15) is 14.9 Å². The van der Waals surface area contributed by atoms with Gasteiger partial charge in [0, 0.05) is 37.1 Å². The van der Waals surface area contributed by atoms with Gasteiger partial charge in [0.15, 0.2) is 0 Å². The summed E-state index contributed by atoms with van der Waals surface area (Å²) in [5.41, 5.74) is 0.973. The minimum atomic E-state index is -0.524. The van der Waals surface area contributed by atoms with Crippen molar-refractivity contribution in [3.63, 3.8) is 0 Å². The zero-order chi connectivity index (χ0) is 17.8. The van der Waals surface area contributed by atoms with Crippen molar-refractivity contribution in [1.29, 1.82) is 0 Å². The number of carbonyl (C=O) groups is 1. The molecule has 2 aromatic carbocycles. The Kier molecular flexibility index (Phi) is 4.56. The van der Waals surface area contributed by atoms with Crippen molar-refractivity contribution in [2.24, 2.45) is 7.05 Å². The standard InChI is InChI=1S/C18H16N4O3/c1-21-11-10-19-17(21)16(13-6-3-2-4-7-13)20-18(23)14-8-5-9-15(12-14)22(24)25/h2-12,16H,1H3,(H,20,23). The molecule has 0 aliphatic heterocycles. The lowest BCUT2D eigenvalue weighted by molar-refractivity contribution is -0.384. The molecule has 3 aromatic rings. The zero-order valence-electron chi connectivity index (χ0n) is 13.5. The third kappa shape index (κ3) is 3.55. The second-order valence-electron chi connectivity index (χ2n) is 5.52. The number of nitro groups is 1. The Morgan fingerprint density at radius 2 is 1.96 bits per heavy atom. The van der Waals surface area contributed by atoms with Crippen LogP contribution in [0.4, 0.5) is 5.69 Å². The predicted molar refractivity (Wildman–Crippen MR) is 92.1 cm³/mol. The quantitative estimate of drug-likeness (QED) is 0.573. The van der Waals surface area contributed by atoms with E-state index in [-0.39, 0.29) is 11.3 Å². The number of aryl methyl sites for hydroxylation is 1. The number of nitrogens with zero attached hydrogens (tertiary/aromatic N) is 3. The highest BCUT2D eigenvalue weighted by molar-refractivity contribution is 5.95. The van der Waals surface area contributed by atoms with Gasteiger partial charge < -0.3 is 9.88 Å². The van der Waals surface area contributed by atoms with Gasteiger partial charge >= 0.3 is 0 Å². The fourth-order valence-corrected chi connectivity index (χ4v) is 2.57. The lowest BCUT2D eigenvalue weighted by Gasteiger charge is -2.19. The van der Waals surface area contributed by atoms with Crippen LogP contribution in [0, 0.1) is 10.1 Å². The van der Waals surface area contributed by atoms with Crippen LogP contribution in [0.3, 0.4) is 0 Å². The van der Waals surface area contributed by atoms with Crippen LogP contribution in [0.2, 0.25) is 0 Å². The number of amides is 1. The Hall–Kier alpha value is -3.48.